The van der Waals surface area contributed by atoms with Crippen molar-refractivity contribution in [1.29, 1.82) is 0 Å². The number of halogens is 3. The number of amides is 2. The van der Waals surface area contributed by atoms with Crippen molar-refractivity contribution in [2.75, 3.05) is 13.1 Å². The van der Waals surface area contributed by atoms with Gasteiger partial charge in [0.25, 0.3) is 0 Å². The maximum atomic E-state index is 13.5. The molecule has 38 heavy (non-hydrogen) atoms. The number of hydrazone groups is 1. The SMILES string of the molecule is O=C(N/N=C/c1ccc(CN(Cc2ccc(Cl)c(Cl)c2)S(=O)(=O)c2ccc(Cl)cc2)o1)C(=O)N1CCCC1. The van der Waals surface area contributed by atoms with Crippen LogP contribution < -0.4 is 5.43 Å². The lowest BCUT2D eigenvalue weighted by molar-refractivity contribution is -0.145. The standard InChI is InChI=1S/C25H23Cl3N4O5S/c26-18-4-8-21(9-5-18)38(35,36)32(15-17-3-10-22(27)23(28)13-17)16-20-7-6-19(37-20)14-29-30-24(33)25(34)31-11-1-2-12-31/h3-10,13-14H,1-2,11-12,15-16H2,(H,30,33)/b29-14+. The number of nitrogens with zero attached hydrogens (tertiary/aromatic N) is 3. The van der Waals surface area contributed by atoms with Gasteiger partial charge >= 0.3 is 11.8 Å². The molecule has 13 heteroatoms. The van der Waals surface area contributed by atoms with Crippen molar-refractivity contribution in [2.45, 2.75) is 30.8 Å². The first-order valence-corrected chi connectivity index (χ1v) is 14.1. The number of benzene rings is 2. The maximum Gasteiger partial charge on any atom is 0.329 e. The predicted octanol–water partition coefficient (Wildman–Crippen LogP) is 4.70. The van der Waals surface area contributed by atoms with E-state index in [0.717, 1.165) is 12.8 Å². The molecular weight excluding hydrogens is 575 g/mol. The van der Waals surface area contributed by atoms with Gasteiger partial charge in [0.05, 0.1) is 27.7 Å². The van der Waals surface area contributed by atoms with Gasteiger partial charge in [-0.2, -0.15) is 9.41 Å². The van der Waals surface area contributed by atoms with Crippen molar-refractivity contribution < 1.29 is 22.4 Å². The zero-order valence-electron chi connectivity index (χ0n) is 19.9. The highest BCUT2D eigenvalue weighted by Gasteiger charge is 2.27. The van der Waals surface area contributed by atoms with Crippen molar-refractivity contribution >= 4 is 62.9 Å². The van der Waals surface area contributed by atoms with Gasteiger partial charge in [0.2, 0.25) is 10.0 Å². The molecule has 1 N–H and O–H groups in total. The van der Waals surface area contributed by atoms with Gasteiger partial charge in [-0.3, -0.25) is 9.59 Å². The molecule has 4 rings (SSSR count). The molecule has 0 spiro atoms. The first-order chi connectivity index (χ1) is 18.1. The summed E-state index contributed by atoms with van der Waals surface area (Å²) in [4.78, 5) is 25.6. The van der Waals surface area contributed by atoms with E-state index in [0.29, 0.717) is 39.5 Å². The second-order valence-corrected chi connectivity index (χ2v) is 11.7. The summed E-state index contributed by atoms with van der Waals surface area (Å²) in [7, 11) is -3.97. The van der Waals surface area contributed by atoms with Gasteiger partial charge in [0.15, 0.2) is 0 Å². The first-order valence-electron chi connectivity index (χ1n) is 11.5. The van der Waals surface area contributed by atoms with Gasteiger partial charge in [-0.05, 0) is 66.9 Å². The van der Waals surface area contributed by atoms with Gasteiger partial charge in [-0.25, -0.2) is 13.8 Å². The smallest absolute Gasteiger partial charge is 0.329 e. The monoisotopic (exact) mass is 596 g/mol. The number of nitrogens with one attached hydrogen (secondary N) is 1. The molecule has 0 aliphatic carbocycles. The average molecular weight is 598 g/mol. The van der Waals surface area contributed by atoms with Crippen LogP contribution in [0.3, 0.4) is 0 Å². The molecule has 2 aromatic carbocycles. The molecule has 0 radical (unpaired) electrons. The largest absolute Gasteiger partial charge is 0.459 e. The molecule has 2 heterocycles. The highest BCUT2D eigenvalue weighted by Crippen LogP contribution is 2.27. The van der Waals surface area contributed by atoms with E-state index >= 15 is 0 Å². The second-order valence-electron chi connectivity index (χ2n) is 8.48. The van der Waals surface area contributed by atoms with E-state index < -0.39 is 21.8 Å². The van der Waals surface area contributed by atoms with Gasteiger partial charge in [-0.15, -0.1) is 0 Å². The van der Waals surface area contributed by atoms with Crippen molar-refractivity contribution in [1.82, 2.24) is 14.6 Å². The molecule has 1 fully saturated rings. The maximum absolute atomic E-state index is 13.5. The normalized spacial score (nSPS) is 13.9. The second kappa shape index (κ2) is 12.3. The Hall–Kier alpha value is -2.89. The Kier molecular flexibility index (Phi) is 9.11. The molecule has 1 aliphatic rings. The molecule has 2 amide bonds. The van der Waals surface area contributed by atoms with E-state index in [-0.39, 0.29) is 23.7 Å². The first kappa shape index (κ1) is 28.1. The number of furan rings is 1. The third-order valence-electron chi connectivity index (χ3n) is 5.75. The fourth-order valence-corrected chi connectivity index (χ4v) is 5.65. The van der Waals surface area contributed by atoms with E-state index in [2.05, 4.69) is 10.5 Å². The van der Waals surface area contributed by atoms with Gasteiger partial charge < -0.3 is 9.32 Å². The molecular formula is C25H23Cl3N4O5S. The van der Waals surface area contributed by atoms with Gasteiger partial charge in [-0.1, -0.05) is 40.9 Å². The summed E-state index contributed by atoms with van der Waals surface area (Å²) in [5, 5.41) is 4.84. The number of likely N-dealkylation sites (tertiary alicyclic amines) is 1. The van der Waals surface area contributed by atoms with Crippen LogP contribution in [0.4, 0.5) is 0 Å². The highest BCUT2D eigenvalue weighted by atomic mass is 35.5. The minimum atomic E-state index is -3.97. The van der Waals surface area contributed by atoms with Crippen LogP contribution >= 0.6 is 34.8 Å². The molecule has 200 valence electrons. The number of sulfonamides is 1. The quantitative estimate of drug-likeness (QED) is 0.230. The van der Waals surface area contributed by atoms with Crippen LogP contribution in [0.2, 0.25) is 15.1 Å². The van der Waals surface area contributed by atoms with Crippen LogP contribution in [0.15, 0.2) is 69.0 Å². The topological polar surface area (TPSA) is 112 Å². The third-order valence-corrected chi connectivity index (χ3v) is 8.55. The summed E-state index contributed by atoms with van der Waals surface area (Å²) in [6, 6.07) is 13.9. The summed E-state index contributed by atoms with van der Waals surface area (Å²) in [6.07, 6.45) is 2.97. The van der Waals surface area contributed by atoms with Crippen LogP contribution in [0.1, 0.15) is 29.9 Å². The molecule has 1 aromatic heterocycles. The average Bonchev–Trinajstić information content (AvgIpc) is 3.58. The van der Waals surface area contributed by atoms with E-state index in [1.807, 2.05) is 0 Å². The van der Waals surface area contributed by atoms with Crippen LogP contribution in [-0.4, -0.2) is 48.7 Å². The molecule has 0 atom stereocenters. The fraction of sp³-hybridized carbons (Fsp3) is 0.240. The molecule has 0 saturated carbocycles. The van der Waals surface area contributed by atoms with Crippen molar-refractivity contribution in [3.8, 4) is 0 Å². The van der Waals surface area contributed by atoms with Gasteiger partial charge in [0.1, 0.15) is 11.5 Å². The van der Waals surface area contributed by atoms with Gasteiger partial charge in [0, 0.05) is 24.7 Å². The highest BCUT2D eigenvalue weighted by molar-refractivity contribution is 7.89. The number of carbonyl (C=O) groups is 2. The van der Waals surface area contributed by atoms with E-state index in [1.54, 1.807) is 30.3 Å². The van der Waals surface area contributed by atoms with Crippen LogP contribution in [-0.2, 0) is 32.7 Å². The Morgan fingerprint density at radius 2 is 1.68 bits per heavy atom. The Morgan fingerprint density at radius 1 is 0.974 bits per heavy atom. The number of rotatable bonds is 8. The van der Waals surface area contributed by atoms with Crippen molar-refractivity contribution in [3.05, 3.63) is 86.7 Å². The van der Waals surface area contributed by atoms with E-state index in [9.17, 15) is 18.0 Å². The minimum Gasteiger partial charge on any atom is -0.459 e. The summed E-state index contributed by atoms with van der Waals surface area (Å²) in [6.45, 7) is 0.976. The van der Waals surface area contributed by atoms with Crippen LogP contribution in [0.25, 0.3) is 0 Å². The molecule has 3 aromatic rings. The predicted molar refractivity (Wildman–Crippen MR) is 145 cm³/mol. The third kappa shape index (κ3) is 6.95. The summed E-state index contributed by atoms with van der Waals surface area (Å²) in [5.41, 5.74) is 2.81. The summed E-state index contributed by atoms with van der Waals surface area (Å²) < 4.78 is 34.0. The van der Waals surface area contributed by atoms with E-state index in [1.165, 1.54) is 39.7 Å². The Bertz CT molecular complexity index is 1450. The zero-order chi connectivity index (χ0) is 27.3. The Balaban J connectivity index is 1.49. The summed E-state index contributed by atoms with van der Waals surface area (Å²) in [5.74, 6) is -0.891. The lowest BCUT2D eigenvalue weighted by atomic mass is 10.2. The van der Waals surface area contributed by atoms with Crippen LogP contribution in [0.5, 0.6) is 0 Å². The zero-order valence-corrected chi connectivity index (χ0v) is 23.0. The lowest BCUT2D eigenvalue weighted by Crippen LogP contribution is -2.39. The van der Waals surface area contributed by atoms with Crippen LogP contribution in [0, 0.1) is 0 Å². The Morgan fingerprint density at radius 3 is 2.37 bits per heavy atom. The summed E-state index contributed by atoms with van der Waals surface area (Å²) >= 11 is 18.1. The molecule has 1 aliphatic heterocycles. The Labute approximate surface area is 235 Å². The fourth-order valence-electron chi connectivity index (χ4n) is 3.81. The lowest BCUT2D eigenvalue weighted by Gasteiger charge is -2.22. The molecule has 1 saturated heterocycles. The number of carbonyl (C=O) groups excluding carboxylic acids is 2. The molecule has 0 bridgehead atoms. The van der Waals surface area contributed by atoms with Crippen molar-refractivity contribution in [3.63, 3.8) is 0 Å². The number of hydrogen-bond donors (Lipinski definition) is 1. The molecule has 9 nitrogen and oxygen atoms in total. The molecule has 0 unspecified atom stereocenters. The van der Waals surface area contributed by atoms with Crippen molar-refractivity contribution in [2.24, 2.45) is 5.10 Å². The number of hydrogen-bond acceptors (Lipinski definition) is 6. The van der Waals surface area contributed by atoms with E-state index in [4.69, 9.17) is 39.2 Å². The minimum absolute atomic E-state index is 0.0133.